The molecule has 122 valence electrons. The minimum atomic E-state index is 0.431. The molecule has 0 atom stereocenters. The summed E-state index contributed by atoms with van der Waals surface area (Å²) in [5, 5.41) is 12.7. The van der Waals surface area contributed by atoms with Gasteiger partial charge in [-0.15, -0.1) is 0 Å². The van der Waals surface area contributed by atoms with Crippen molar-refractivity contribution in [2.45, 2.75) is 17.8 Å². The number of H-pyrrole nitrogens is 1. The summed E-state index contributed by atoms with van der Waals surface area (Å²) in [6.07, 6.45) is 3.44. The molecule has 0 aliphatic heterocycles. The van der Waals surface area contributed by atoms with Crippen LogP contribution in [0.3, 0.4) is 0 Å². The number of aromatic nitrogens is 5. The number of benzene rings is 1. The van der Waals surface area contributed by atoms with E-state index in [2.05, 4.69) is 25.3 Å². The maximum absolute atomic E-state index is 5.88. The minimum absolute atomic E-state index is 0.431. The van der Waals surface area contributed by atoms with Crippen molar-refractivity contribution in [3.63, 3.8) is 0 Å². The molecule has 0 fully saturated rings. The number of aromatic amines is 1. The zero-order valence-electron chi connectivity index (χ0n) is 12.7. The second-order valence-electron chi connectivity index (χ2n) is 4.82. The number of thioether (sulfide) groups is 1. The summed E-state index contributed by atoms with van der Waals surface area (Å²) in [6, 6.07) is 9.23. The number of rotatable bonds is 5. The Morgan fingerprint density at radius 1 is 1.33 bits per heavy atom. The van der Waals surface area contributed by atoms with Crippen LogP contribution >= 0.6 is 35.6 Å². The predicted octanol–water partition coefficient (Wildman–Crippen LogP) is 3.87. The van der Waals surface area contributed by atoms with Gasteiger partial charge in [0.1, 0.15) is 0 Å². The monoisotopic (exact) mass is 376 g/mol. The maximum atomic E-state index is 5.88. The quantitative estimate of drug-likeness (QED) is 0.317. The van der Waals surface area contributed by atoms with Gasteiger partial charge in [0.15, 0.2) is 11.0 Å². The van der Waals surface area contributed by atoms with Gasteiger partial charge >= 0.3 is 0 Å². The lowest BCUT2D eigenvalue weighted by molar-refractivity contribution is 0.812. The van der Waals surface area contributed by atoms with Crippen molar-refractivity contribution in [3.8, 4) is 0 Å². The van der Waals surface area contributed by atoms with Gasteiger partial charge in [-0.3, -0.25) is 5.10 Å². The molecule has 0 saturated heterocycles. The molecular formula is C15H13ClN6S2. The molecule has 0 aliphatic rings. The molecule has 9 heteroatoms. The average molecular weight is 377 g/mol. The molecular weight excluding hydrogens is 364 g/mol. The van der Waals surface area contributed by atoms with E-state index in [-0.39, 0.29) is 0 Å². The summed E-state index contributed by atoms with van der Waals surface area (Å²) in [4.78, 5) is 8.57. The van der Waals surface area contributed by atoms with E-state index >= 15 is 0 Å². The van der Waals surface area contributed by atoms with Crippen LogP contribution < -0.4 is 0 Å². The lowest BCUT2D eigenvalue weighted by Gasteiger charge is -2.01. The highest BCUT2D eigenvalue weighted by Gasteiger charge is 2.07. The zero-order chi connectivity index (χ0) is 16.9. The van der Waals surface area contributed by atoms with Crippen molar-refractivity contribution >= 4 is 41.8 Å². The number of halogens is 1. The number of hydrogen-bond donors (Lipinski definition) is 1. The van der Waals surface area contributed by atoms with Crippen molar-refractivity contribution in [1.29, 1.82) is 0 Å². The van der Waals surface area contributed by atoms with E-state index in [9.17, 15) is 0 Å². The topological polar surface area (TPSA) is 71.8 Å². The molecule has 24 heavy (non-hydrogen) atoms. The van der Waals surface area contributed by atoms with E-state index in [1.165, 1.54) is 11.8 Å². The molecule has 0 aliphatic carbocycles. The number of nitrogens with one attached hydrogen (secondary N) is 1. The summed E-state index contributed by atoms with van der Waals surface area (Å²) >= 11 is 12.6. The first-order valence-corrected chi connectivity index (χ1v) is 8.77. The lowest BCUT2D eigenvalue weighted by Crippen LogP contribution is -1.98. The summed E-state index contributed by atoms with van der Waals surface area (Å²) < 4.78 is 2.02. The first kappa shape index (κ1) is 16.8. The molecule has 1 aromatic carbocycles. The number of hydrogen-bond acceptors (Lipinski definition) is 6. The Morgan fingerprint density at radius 2 is 2.12 bits per heavy atom. The number of nitrogens with zero attached hydrogens (tertiary/aromatic N) is 5. The molecule has 3 rings (SSSR count). The Bertz CT molecular complexity index is 916. The average Bonchev–Trinajstić information content (AvgIpc) is 2.93. The van der Waals surface area contributed by atoms with Crippen LogP contribution in [-0.4, -0.2) is 31.1 Å². The van der Waals surface area contributed by atoms with Gasteiger partial charge in [0.05, 0.1) is 12.0 Å². The third-order valence-corrected chi connectivity index (χ3v) is 4.39. The second-order valence-corrected chi connectivity index (χ2v) is 6.59. The molecule has 1 N–H and O–H groups in total. The van der Waals surface area contributed by atoms with Crippen molar-refractivity contribution < 1.29 is 0 Å². The number of aryl methyl sites for hydroxylation is 1. The Morgan fingerprint density at radius 3 is 2.88 bits per heavy atom. The smallest absolute Gasteiger partial charge is 0.216 e. The molecule has 0 unspecified atom stereocenters. The third-order valence-electron chi connectivity index (χ3n) is 3.01. The molecule has 0 bridgehead atoms. The third kappa shape index (κ3) is 4.28. The Labute approximate surface area is 153 Å². The molecule has 3 aromatic rings. The second kappa shape index (κ2) is 7.69. The van der Waals surface area contributed by atoms with E-state index in [0.29, 0.717) is 26.5 Å². The SMILES string of the molecule is Cc1ccnc(SCc2n[nH]c(=S)n2/N=C/c2ccc(Cl)cc2)n1. The van der Waals surface area contributed by atoms with Crippen LogP contribution in [0.25, 0.3) is 0 Å². The first-order chi connectivity index (χ1) is 11.6. The van der Waals surface area contributed by atoms with Crippen LogP contribution in [0.1, 0.15) is 17.1 Å². The van der Waals surface area contributed by atoms with E-state index in [0.717, 1.165) is 11.3 Å². The maximum Gasteiger partial charge on any atom is 0.216 e. The summed E-state index contributed by atoms with van der Waals surface area (Å²) in [6.45, 7) is 1.93. The normalized spacial score (nSPS) is 11.2. The zero-order valence-corrected chi connectivity index (χ0v) is 15.1. The van der Waals surface area contributed by atoms with Gasteiger partial charge in [-0.1, -0.05) is 35.5 Å². The van der Waals surface area contributed by atoms with Gasteiger partial charge in [0.2, 0.25) is 4.77 Å². The molecule has 0 saturated carbocycles. The summed E-state index contributed by atoms with van der Waals surface area (Å²) in [7, 11) is 0. The van der Waals surface area contributed by atoms with Crippen LogP contribution in [-0.2, 0) is 5.75 Å². The molecule has 0 radical (unpaired) electrons. The molecule has 2 aromatic heterocycles. The van der Waals surface area contributed by atoms with Gasteiger partial charge in [-0.25, -0.2) is 9.97 Å². The molecule has 2 heterocycles. The van der Waals surface area contributed by atoms with E-state index in [4.69, 9.17) is 23.8 Å². The fraction of sp³-hybridized carbons (Fsp3) is 0.133. The van der Waals surface area contributed by atoms with Crippen LogP contribution in [0.5, 0.6) is 0 Å². The van der Waals surface area contributed by atoms with Crippen LogP contribution in [0.15, 0.2) is 46.8 Å². The minimum Gasteiger partial charge on any atom is -0.250 e. The van der Waals surface area contributed by atoms with Gasteiger partial charge in [0, 0.05) is 16.9 Å². The van der Waals surface area contributed by atoms with Gasteiger partial charge in [0.25, 0.3) is 0 Å². The van der Waals surface area contributed by atoms with Crippen molar-refractivity contribution in [2.75, 3.05) is 0 Å². The molecule has 6 nitrogen and oxygen atoms in total. The Kier molecular flexibility index (Phi) is 5.39. The lowest BCUT2D eigenvalue weighted by atomic mass is 10.2. The van der Waals surface area contributed by atoms with E-state index < -0.39 is 0 Å². The standard InChI is InChI=1S/C15H13ClN6S2/c1-10-6-7-17-14(19-10)24-9-13-20-21-15(23)22(13)18-8-11-2-4-12(16)5-3-11/h2-8H,9H2,1H3,(H,21,23)/b18-8+. The van der Waals surface area contributed by atoms with Gasteiger partial charge < -0.3 is 0 Å². The molecule has 0 spiro atoms. The van der Waals surface area contributed by atoms with Crippen molar-refractivity contribution in [2.24, 2.45) is 5.10 Å². The van der Waals surface area contributed by atoms with Gasteiger partial charge in [-0.05, 0) is 42.9 Å². The highest BCUT2D eigenvalue weighted by atomic mass is 35.5. The highest BCUT2D eigenvalue weighted by Crippen LogP contribution is 2.18. The van der Waals surface area contributed by atoms with E-state index in [1.54, 1.807) is 17.1 Å². The fourth-order valence-corrected chi connectivity index (χ4v) is 2.95. The molecule has 0 amide bonds. The highest BCUT2D eigenvalue weighted by molar-refractivity contribution is 7.98. The Hall–Kier alpha value is -2.03. The van der Waals surface area contributed by atoms with E-state index in [1.807, 2.05) is 37.3 Å². The first-order valence-electron chi connectivity index (χ1n) is 7.00. The largest absolute Gasteiger partial charge is 0.250 e. The van der Waals surface area contributed by atoms with Crippen LogP contribution in [0.2, 0.25) is 5.02 Å². The fourth-order valence-electron chi connectivity index (χ4n) is 1.83. The predicted molar refractivity (Wildman–Crippen MR) is 98.2 cm³/mol. The van der Waals surface area contributed by atoms with Crippen LogP contribution in [0, 0.1) is 11.7 Å². The summed E-state index contributed by atoms with van der Waals surface area (Å²) in [5.74, 6) is 1.24. The van der Waals surface area contributed by atoms with Crippen molar-refractivity contribution in [1.82, 2.24) is 24.8 Å². The Balaban J connectivity index is 1.76. The van der Waals surface area contributed by atoms with Crippen LogP contribution in [0.4, 0.5) is 0 Å². The summed E-state index contributed by atoms with van der Waals surface area (Å²) in [5.41, 5.74) is 1.84. The van der Waals surface area contributed by atoms with Crippen molar-refractivity contribution in [3.05, 3.63) is 63.4 Å². The van der Waals surface area contributed by atoms with Gasteiger partial charge in [-0.2, -0.15) is 14.9 Å².